The zero-order valence-electron chi connectivity index (χ0n) is 24.5. The Morgan fingerprint density at radius 2 is 1.64 bits per heavy atom. The van der Waals surface area contributed by atoms with E-state index in [1.54, 1.807) is 0 Å². The molecule has 44 heavy (non-hydrogen) atoms. The maximum Gasteiger partial charge on any atom is 0.268 e. The number of nitrogens with zero attached hydrogens (tertiary/aromatic N) is 3. The van der Waals surface area contributed by atoms with Gasteiger partial charge in [0.1, 0.15) is 5.75 Å². The molecule has 0 aliphatic carbocycles. The minimum absolute atomic E-state index is 0.0588. The molecule has 1 aliphatic heterocycles. The van der Waals surface area contributed by atoms with Crippen LogP contribution >= 0.6 is 23.2 Å². The number of benzene rings is 3. The molecule has 1 fully saturated rings. The second kappa shape index (κ2) is 14.0. The number of rotatable bonds is 11. The Kier molecular flexibility index (Phi) is 10.1. The average molecular weight is 654 g/mol. The van der Waals surface area contributed by atoms with Crippen molar-refractivity contribution in [2.75, 3.05) is 18.1 Å². The summed E-state index contributed by atoms with van der Waals surface area (Å²) in [7, 11) is -4.15. The fourth-order valence-corrected chi connectivity index (χ4v) is 6.31. The minimum atomic E-state index is -4.15. The molecule has 1 saturated heterocycles. The summed E-state index contributed by atoms with van der Waals surface area (Å²) >= 11 is 12.0. The van der Waals surface area contributed by atoms with Crippen LogP contribution in [0.5, 0.6) is 5.75 Å². The molecule has 1 amide bonds. The van der Waals surface area contributed by atoms with Crippen molar-refractivity contribution in [3.8, 4) is 5.75 Å². The Morgan fingerprint density at radius 1 is 0.977 bits per heavy atom. The van der Waals surface area contributed by atoms with Crippen LogP contribution in [0.25, 0.3) is 0 Å². The predicted octanol–water partition coefficient (Wildman–Crippen LogP) is 7.06. The molecule has 0 saturated carbocycles. The van der Waals surface area contributed by atoms with Gasteiger partial charge < -0.3 is 9.64 Å². The van der Waals surface area contributed by atoms with Gasteiger partial charge in [0.25, 0.3) is 15.9 Å². The summed E-state index contributed by atoms with van der Waals surface area (Å²) in [4.78, 5) is 24.9. The molecular weight excluding hydrogens is 619 g/mol. The Bertz CT molecular complexity index is 1700. The highest BCUT2D eigenvalue weighted by atomic mass is 35.5. The van der Waals surface area contributed by atoms with Crippen molar-refractivity contribution >= 4 is 45.1 Å². The topological polar surface area (TPSA) is 101 Å². The summed E-state index contributed by atoms with van der Waals surface area (Å²) in [5.41, 5.74) is 2.70. The lowest BCUT2D eigenvalue weighted by molar-refractivity contribution is 0.0979. The van der Waals surface area contributed by atoms with Crippen LogP contribution in [0.3, 0.4) is 0 Å². The molecule has 2 heterocycles. The summed E-state index contributed by atoms with van der Waals surface area (Å²) in [6.07, 6.45) is 4.27. The van der Waals surface area contributed by atoms with E-state index in [0.717, 1.165) is 36.3 Å². The van der Waals surface area contributed by atoms with Crippen molar-refractivity contribution in [1.29, 1.82) is 0 Å². The van der Waals surface area contributed by atoms with Gasteiger partial charge in [-0.3, -0.25) is 4.79 Å². The lowest BCUT2D eigenvalue weighted by atomic mass is 10.0. The Morgan fingerprint density at radius 3 is 2.30 bits per heavy atom. The first-order valence-electron chi connectivity index (χ1n) is 14.5. The Labute approximate surface area is 268 Å². The van der Waals surface area contributed by atoms with Crippen LogP contribution in [0.15, 0.2) is 83.9 Å². The zero-order valence-corrected chi connectivity index (χ0v) is 26.9. The summed E-state index contributed by atoms with van der Waals surface area (Å²) in [5, 5.41) is 1.06. The van der Waals surface area contributed by atoms with Gasteiger partial charge >= 0.3 is 0 Å². The van der Waals surface area contributed by atoms with Crippen LogP contribution in [-0.2, 0) is 22.9 Å². The summed E-state index contributed by atoms with van der Waals surface area (Å²) in [5.74, 6) is 0.910. The van der Waals surface area contributed by atoms with Crippen LogP contribution in [0.1, 0.15) is 59.9 Å². The highest BCUT2D eigenvalue weighted by molar-refractivity contribution is 7.90. The van der Waals surface area contributed by atoms with Gasteiger partial charge in [0.15, 0.2) is 0 Å². The van der Waals surface area contributed by atoms with E-state index in [1.165, 1.54) is 30.5 Å². The van der Waals surface area contributed by atoms with E-state index >= 15 is 0 Å². The van der Waals surface area contributed by atoms with Gasteiger partial charge in [-0.2, -0.15) is 0 Å². The molecule has 230 valence electrons. The van der Waals surface area contributed by atoms with Crippen LogP contribution in [0.4, 0.5) is 5.95 Å². The molecule has 11 heteroatoms. The fourth-order valence-electron chi connectivity index (χ4n) is 5.09. The van der Waals surface area contributed by atoms with E-state index < -0.39 is 15.9 Å². The van der Waals surface area contributed by atoms with E-state index in [9.17, 15) is 13.2 Å². The fraction of sp³-hybridized carbons (Fsp3) is 0.303. The Balaban J connectivity index is 1.41. The summed E-state index contributed by atoms with van der Waals surface area (Å²) < 4.78 is 34.0. The molecule has 4 aromatic rings. The number of amides is 1. The SMILES string of the molecule is CC(C)COc1ccc(CCc2nc(N3CCCC3c3ccc(Cl)cc3)ncc2C(=O)NS(=O)(=O)c2ccc(Cl)cc2)cc1. The molecule has 1 unspecified atom stereocenters. The quantitative estimate of drug-likeness (QED) is 0.185. The molecule has 1 aliphatic rings. The lowest BCUT2D eigenvalue weighted by Gasteiger charge is -2.26. The molecule has 1 atom stereocenters. The molecule has 8 nitrogen and oxygen atoms in total. The van der Waals surface area contributed by atoms with Crippen LogP contribution in [0, 0.1) is 5.92 Å². The highest BCUT2D eigenvalue weighted by Gasteiger charge is 2.30. The number of carbonyl (C=O) groups excluding carboxylic acids is 1. The highest BCUT2D eigenvalue weighted by Crippen LogP contribution is 2.35. The summed E-state index contributed by atoms with van der Waals surface area (Å²) in [6.45, 7) is 5.58. The molecule has 1 N–H and O–H groups in total. The lowest BCUT2D eigenvalue weighted by Crippen LogP contribution is -2.32. The number of aromatic nitrogens is 2. The van der Waals surface area contributed by atoms with E-state index in [0.29, 0.717) is 47.1 Å². The number of nitrogens with one attached hydrogen (secondary N) is 1. The number of aryl methyl sites for hydroxylation is 2. The number of ether oxygens (including phenoxy) is 1. The monoisotopic (exact) mass is 652 g/mol. The first-order chi connectivity index (χ1) is 21.1. The third-order valence-corrected chi connectivity index (χ3v) is 9.22. The van der Waals surface area contributed by atoms with Crippen LogP contribution in [0.2, 0.25) is 10.0 Å². The van der Waals surface area contributed by atoms with Gasteiger partial charge in [0.2, 0.25) is 5.95 Å². The molecule has 0 spiro atoms. The second-order valence-corrected chi connectivity index (χ2v) is 13.7. The Hall–Kier alpha value is -3.66. The number of halogens is 2. The molecule has 5 rings (SSSR count). The zero-order chi connectivity index (χ0) is 31.3. The summed E-state index contributed by atoms with van der Waals surface area (Å²) in [6, 6.07) is 21.2. The van der Waals surface area contributed by atoms with Crippen molar-refractivity contribution < 1.29 is 17.9 Å². The van der Waals surface area contributed by atoms with E-state index in [2.05, 4.69) is 28.5 Å². The molecule has 0 radical (unpaired) electrons. The number of carbonyl (C=O) groups is 1. The third-order valence-electron chi connectivity index (χ3n) is 7.37. The number of hydrogen-bond acceptors (Lipinski definition) is 7. The molecule has 3 aromatic carbocycles. The maximum absolute atomic E-state index is 13.4. The van der Waals surface area contributed by atoms with E-state index in [1.807, 2.05) is 48.5 Å². The first kappa shape index (κ1) is 31.8. The van der Waals surface area contributed by atoms with Gasteiger partial charge in [-0.05, 0) is 91.3 Å². The van der Waals surface area contributed by atoms with Crippen molar-refractivity contribution in [3.63, 3.8) is 0 Å². The van der Waals surface area contributed by atoms with Crippen molar-refractivity contribution in [2.45, 2.75) is 50.5 Å². The number of hydrogen-bond donors (Lipinski definition) is 1. The van der Waals surface area contributed by atoms with E-state index in [-0.39, 0.29) is 16.5 Å². The van der Waals surface area contributed by atoms with Gasteiger partial charge in [-0.15, -0.1) is 0 Å². The smallest absolute Gasteiger partial charge is 0.268 e. The molecule has 0 bridgehead atoms. The van der Waals surface area contributed by atoms with Gasteiger partial charge in [-0.25, -0.2) is 23.1 Å². The predicted molar refractivity (Wildman–Crippen MR) is 173 cm³/mol. The van der Waals surface area contributed by atoms with Gasteiger partial charge in [0, 0.05) is 22.8 Å². The molecule has 1 aromatic heterocycles. The van der Waals surface area contributed by atoms with Crippen LogP contribution < -0.4 is 14.4 Å². The third kappa shape index (κ3) is 7.88. The normalized spacial score (nSPS) is 15.0. The average Bonchev–Trinajstić information content (AvgIpc) is 3.50. The van der Waals surface area contributed by atoms with Crippen molar-refractivity contribution in [2.24, 2.45) is 5.92 Å². The van der Waals surface area contributed by atoms with Crippen LogP contribution in [-0.4, -0.2) is 37.4 Å². The molecular formula is C33H34Cl2N4O4S. The number of anilines is 1. The van der Waals surface area contributed by atoms with Crippen molar-refractivity contribution in [1.82, 2.24) is 14.7 Å². The van der Waals surface area contributed by atoms with E-state index in [4.69, 9.17) is 32.9 Å². The van der Waals surface area contributed by atoms with Crippen molar-refractivity contribution in [3.05, 3.63) is 111 Å². The largest absolute Gasteiger partial charge is 0.493 e. The maximum atomic E-state index is 13.4. The van der Waals surface area contributed by atoms with Gasteiger partial charge in [0.05, 0.1) is 28.8 Å². The standard InChI is InChI=1S/C33H34Cl2N4O4S/c1-22(2)21-43-27-14-5-23(6-15-27)7-18-30-29(32(40)38-44(41,42)28-16-12-26(35)13-17-28)20-36-33(37-30)39-19-3-4-31(39)24-8-10-25(34)11-9-24/h5-6,8-17,20,22,31H,3-4,7,18-19,21H2,1-2H3,(H,38,40). The minimum Gasteiger partial charge on any atom is -0.493 e. The first-order valence-corrected chi connectivity index (χ1v) is 16.8. The van der Waals surface area contributed by atoms with Gasteiger partial charge in [-0.1, -0.05) is 61.3 Å². The number of sulfonamides is 1. The second-order valence-electron chi connectivity index (χ2n) is 11.2.